The average Bonchev–Trinajstić information content (AvgIpc) is 2.01. The van der Waals surface area contributed by atoms with Crippen molar-refractivity contribution in [3.8, 4) is 0 Å². The van der Waals surface area contributed by atoms with Gasteiger partial charge in [0.25, 0.3) is 0 Å². The van der Waals surface area contributed by atoms with Crippen molar-refractivity contribution in [2.75, 3.05) is 5.73 Å². The van der Waals surface area contributed by atoms with Crippen LogP contribution in [0.2, 0.25) is 0 Å². The van der Waals surface area contributed by atoms with Crippen molar-refractivity contribution in [1.82, 2.24) is 0 Å². The number of nitrogen functional groups attached to an aromatic ring is 1. The molecule has 3 N–H and O–H groups in total. The first-order valence-electron chi connectivity index (χ1n) is 4.55. The van der Waals surface area contributed by atoms with E-state index in [-0.39, 0.29) is 11.2 Å². The summed E-state index contributed by atoms with van der Waals surface area (Å²) in [6.07, 6.45) is -0.678. The van der Waals surface area contributed by atoms with Crippen LogP contribution in [0.25, 0.3) is 0 Å². The second-order valence-corrected chi connectivity index (χ2v) is 4.54. The standard InChI is InChI=1S/C11H16FNO/c1-11(2,3)10(14)8-5-4-7(12)6-9(8)13/h4-6,10,14H,13H2,1-3H3. The van der Waals surface area contributed by atoms with Crippen LogP contribution in [0.4, 0.5) is 10.1 Å². The molecule has 1 aromatic rings. The Morgan fingerprint density at radius 1 is 1.36 bits per heavy atom. The Hall–Kier alpha value is -1.09. The zero-order valence-corrected chi connectivity index (χ0v) is 8.71. The van der Waals surface area contributed by atoms with Gasteiger partial charge in [0.05, 0.1) is 6.10 Å². The number of rotatable bonds is 1. The van der Waals surface area contributed by atoms with Crippen LogP contribution in [-0.2, 0) is 0 Å². The molecule has 14 heavy (non-hydrogen) atoms. The molecule has 0 heterocycles. The van der Waals surface area contributed by atoms with Gasteiger partial charge in [-0.15, -0.1) is 0 Å². The molecule has 0 spiro atoms. The third-order valence-corrected chi connectivity index (χ3v) is 2.16. The fourth-order valence-electron chi connectivity index (χ4n) is 1.26. The molecular formula is C11H16FNO. The van der Waals surface area contributed by atoms with Gasteiger partial charge in [-0.05, 0) is 17.5 Å². The van der Waals surface area contributed by atoms with E-state index >= 15 is 0 Å². The van der Waals surface area contributed by atoms with Gasteiger partial charge in [0, 0.05) is 11.3 Å². The topological polar surface area (TPSA) is 46.2 Å². The normalized spacial score (nSPS) is 14.1. The molecular weight excluding hydrogens is 181 g/mol. The van der Waals surface area contributed by atoms with Crippen LogP contribution in [-0.4, -0.2) is 5.11 Å². The van der Waals surface area contributed by atoms with Crippen LogP contribution in [0.1, 0.15) is 32.4 Å². The van der Waals surface area contributed by atoms with E-state index in [2.05, 4.69) is 0 Å². The number of halogens is 1. The van der Waals surface area contributed by atoms with Gasteiger partial charge >= 0.3 is 0 Å². The quantitative estimate of drug-likeness (QED) is 0.679. The largest absolute Gasteiger partial charge is 0.398 e. The monoisotopic (exact) mass is 197 g/mol. The predicted molar refractivity (Wildman–Crippen MR) is 55.2 cm³/mol. The summed E-state index contributed by atoms with van der Waals surface area (Å²) in [6, 6.07) is 4.06. The molecule has 0 saturated carbocycles. The summed E-state index contributed by atoms with van der Waals surface area (Å²) in [5.74, 6) is -0.382. The van der Waals surface area contributed by atoms with Crippen LogP contribution in [0, 0.1) is 11.2 Å². The molecule has 1 rings (SSSR count). The van der Waals surface area contributed by atoms with E-state index in [0.717, 1.165) is 0 Å². The lowest BCUT2D eigenvalue weighted by molar-refractivity contribution is 0.0632. The average molecular weight is 197 g/mol. The minimum absolute atomic E-state index is 0.299. The SMILES string of the molecule is CC(C)(C)C(O)c1ccc(F)cc1N. The molecule has 1 unspecified atom stereocenters. The summed E-state index contributed by atoms with van der Waals surface area (Å²) < 4.78 is 12.7. The van der Waals surface area contributed by atoms with Gasteiger partial charge in [0.2, 0.25) is 0 Å². The van der Waals surface area contributed by atoms with E-state index in [4.69, 9.17) is 5.73 Å². The molecule has 78 valence electrons. The molecule has 3 heteroatoms. The van der Waals surface area contributed by atoms with Crippen molar-refractivity contribution in [3.63, 3.8) is 0 Å². The van der Waals surface area contributed by atoms with Crippen molar-refractivity contribution < 1.29 is 9.50 Å². The van der Waals surface area contributed by atoms with Crippen molar-refractivity contribution in [3.05, 3.63) is 29.6 Å². The summed E-state index contributed by atoms with van der Waals surface area (Å²) in [5, 5.41) is 9.93. The molecule has 0 aromatic heterocycles. The second kappa shape index (κ2) is 3.58. The highest BCUT2D eigenvalue weighted by Gasteiger charge is 2.25. The van der Waals surface area contributed by atoms with Gasteiger partial charge < -0.3 is 10.8 Å². The molecule has 0 saturated heterocycles. The Morgan fingerprint density at radius 3 is 2.36 bits per heavy atom. The molecule has 2 nitrogen and oxygen atoms in total. The van der Waals surface area contributed by atoms with Crippen LogP contribution >= 0.6 is 0 Å². The Labute approximate surface area is 83.6 Å². The van der Waals surface area contributed by atoms with Crippen molar-refractivity contribution >= 4 is 5.69 Å². The molecule has 0 bridgehead atoms. The fourth-order valence-corrected chi connectivity index (χ4v) is 1.26. The molecule has 0 aliphatic heterocycles. The van der Waals surface area contributed by atoms with Crippen LogP contribution in [0.3, 0.4) is 0 Å². The Bertz CT molecular complexity index is 331. The molecule has 0 fully saturated rings. The number of hydrogen-bond donors (Lipinski definition) is 2. The highest BCUT2D eigenvalue weighted by molar-refractivity contribution is 5.48. The maximum Gasteiger partial charge on any atom is 0.125 e. The molecule has 0 amide bonds. The van der Waals surface area contributed by atoms with Crippen molar-refractivity contribution in [1.29, 1.82) is 0 Å². The first kappa shape index (κ1) is 11.0. The third-order valence-electron chi connectivity index (χ3n) is 2.16. The van der Waals surface area contributed by atoms with E-state index in [1.54, 1.807) is 0 Å². The molecule has 0 radical (unpaired) electrons. The Morgan fingerprint density at radius 2 is 1.93 bits per heavy atom. The lowest BCUT2D eigenvalue weighted by Crippen LogP contribution is -2.19. The van der Waals surface area contributed by atoms with Crippen LogP contribution < -0.4 is 5.73 Å². The number of anilines is 1. The van der Waals surface area contributed by atoms with E-state index < -0.39 is 6.10 Å². The highest BCUT2D eigenvalue weighted by atomic mass is 19.1. The fraction of sp³-hybridized carbons (Fsp3) is 0.455. The predicted octanol–water partition coefficient (Wildman–Crippen LogP) is 2.49. The third kappa shape index (κ3) is 2.23. The second-order valence-electron chi connectivity index (χ2n) is 4.54. The lowest BCUT2D eigenvalue weighted by Gasteiger charge is -2.27. The summed E-state index contributed by atoms with van der Waals surface area (Å²) >= 11 is 0. The molecule has 0 aliphatic rings. The maximum absolute atomic E-state index is 12.7. The summed E-state index contributed by atoms with van der Waals surface area (Å²) in [7, 11) is 0. The van der Waals surface area contributed by atoms with Gasteiger partial charge in [-0.25, -0.2) is 4.39 Å². The van der Waals surface area contributed by atoms with Crippen LogP contribution in [0.15, 0.2) is 18.2 Å². The van der Waals surface area contributed by atoms with Gasteiger partial charge in [0.1, 0.15) is 5.82 Å². The van der Waals surface area contributed by atoms with Crippen molar-refractivity contribution in [2.24, 2.45) is 5.41 Å². The Kier molecular flexibility index (Phi) is 2.81. The maximum atomic E-state index is 12.7. The first-order chi connectivity index (χ1) is 6.32. The molecule has 1 aromatic carbocycles. The van der Waals surface area contributed by atoms with Gasteiger partial charge in [-0.1, -0.05) is 26.8 Å². The van der Waals surface area contributed by atoms with Crippen molar-refractivity contribution in [2.45, 2.75) is 26.9 Å². The summed E-state index contributed by atoms with van der Waals surface area (Å²) in [5.41, 5.74) is 6.20. The molecule has 1 atom stereocenters. The van der Waals surface area contributed by atoms with E-state index in [1.807, 2.05) is 20.8 Å². The number of nitrogens with two attached hydrogens (primary N) is 1. The number of aliphatic hydroxyl groups excluding tert-OH is 1. The van der Waals surface area contributed by atoms with Gasteiger partial charge in [0.15, 0.2) is 0 Å². The number of hydrogen-bond acceptors (Lipinski definition) is 2. The van der Waals surface area contributed by atoms with E-state index in [1.165, 1.54) is 18.2 Å². The van der Waals surface area contributed by atoms with Gasteiger partial charge in [-0.3, -0.25) is 0 Å². The Balaban J connectivity index is 3.08. The number of benzene rings is 1. The summed E-state index contributed by atoms with van der Waals surface area (Å²) in [6.45, 7) is 5.71. The van der Waals surface area contributed by atoms with Crippen LogP contribution in [0.5, 0.6) is 0 Å². The zero-order valence-electron chi connectivity index (χ0n) is 8.71. The van der Waals surface area contributed by atoms with Gasteiger partial charge in [-0.2, -0.15) is 0 Å². The minimum Gasteiger partial charge on any atom is -0.398 e. The minimum atomic E-state index is -0.678. The van der Waals surface area contributed by atoms with E-state index in [9.17, 15) is 9.50 Å². The first-order valence-corrected chi connectivity index (χ1v) is 4.55. The highest BCUT2D eigenvalue weighted by Crippen LogP contribution is 2.35. The lowest BCUT2D eigenvalue weighted by atomic mass is 9.84. The van der Waals surface area contributed by atoms with E-state index in [0.29, 0.717) is 11.3 Å². The smallest absolute Gasteiger partial charge is 0.125 e. The zero-order chi connectivity index (χ0) is 10.9. The molecule has 0 aliphatic carbocycles. The summed E-state index contributed by atoms with van der Waals surface area (Å²) in [4.78, 5) is 0. The number of aliphatic hydroxyl groups is 1.